The fourth-order valence-corrected chi connectivity index (χ4v) is 3.47. The van der Waals surface area contributed by atoms with Gasteiger partial charge < -0.3 is 10.2 Å². The van der Waals surface area contributed by atoms with Crippen molar-refractivity contribution >= 4 is 24.0 Å². The molecule has 1 aromatic rings. The molecule has 122 valence electrons. The van der Waals surface area contributed by atoms with Gasteiger partial charge in [0.2, 0.25) is 5.91 Å². The fourth-order valence-electron chi connectivity index (χ4n) is 3.47. The van der Waals surface area contributed by atoms with Crippen molar-refractivity contribution in [3.05, 3.63) is 29.8 Å². The van der Waals surface area contributed by atoms with Crippen molar-refractivity contribution in [3.63, 3.8) is 0 Å². The Labute approximate surface area is 139 Å². The lowest BCUT2D eigenvalue weighted by atomic mass is 10.0. The number of hydrogen-bond donors (Lipinski definition) is 1. The van der Waals surface area contributed by atoms with E-state index in [0.29, 0.717) is 12.6 Å². The summed E-state index contributed by atoms with van der Waals surface area (Å²) < 4.78 is 0. The quantitative estimate of drug-likeness (QED) is 0.925. The normalized spacial score (nSPS) is 18.7. The summed E-state index contributed by atoms with van der Waals surface area (Å²) in [5, 5.41) is 3.38. The maximum absolute atomic E-state index is 12.7. The Morgan fingerprint density at radius 3 is 2.82 bits per heavy atom. The molecule has 0 saturated carbocycles. The van der Waals surface area contributed by atoms with Gasteiger partial charge in [-0.05, 0) is 57.5 Å². The summed E-state index contributed by atoms with van der Waals surface area (Å²) in [6.45, 7) is 3.51. The molecule has 0 bridgehead atoms. The van der Waals surface area contributed by atoms with Crippen LogP contribution >= 0.6 is 12.4 Å². The highest BCUT2D eigenvalue weighted by Gasteiger charge is 2.25. The Bertz CT molecular complexity index is 502. The summed E-state index contributed by atoms with van der Waals surface area (Å²) in [7, 11) is 2.09. The average Bonchev–Trinajstić information content (AvgIpc) is 2.55. The Kier molecular flexibility index (Phi) is 6.24. The molecule has 4 nitrogen and oxygen atoms in total. The molecule has 2 aliphatic heterocycles. The number of amides is 1. The summed E-state index contributed by atoms with van der Waals surface area (Å²) in [5.74, 6) is 0.239. The van der Waals surface area contributed by atoms with Crippen LogP contribution in [-0.2, 0) is 11.2 Å². The van der Waals surface area contributed by atoms with Crippen molar-refractivity contribution < 1.29 is 4.79 Å². The van der Waals surface area contributed by atoms with Gasteiger partial charge in [-0.2, -0.15) is 0 Å². The van der Waals surface area contributed by atoms with Gasteiger partial charge in [-0.15, -0.1) is 12.4 Å². The summed E-state index contributed by atoms with van der Waals surface area (Å²) in [4.78, 5) is 16.9. The van der Waals surface area contributed by atoms with Crippen molar-refractivity contribution in [3.8, 4) is 0 Å². The molecular weight excluding hydrogens is 298 g/mol. The average molecular weight is 324 g/mol. The van der Waals surface area contributed by atoms with E-state index >= 15 is 0 Å². The smallest absolute Gasteiger partial charge is 0.241 e. The molecule has 0 aromatic heterocycles. The number of nitrogens with one attached hydrogen (secondary N) is 1. The van der Waals surface area contributed by atoms with Crippen molar-refractivity contribution in [1.82, 2.24) is 10.2 Å². The van der Waals surface area contributed by atoms with E-state index in [1.54, 1.807) is 0 Å². The molecule has 22 heavy (non-hydrogen) atoms. The van der Waals surface area contributed by atoms with Crippen molar-refractivity contribution in [2.75, 3.05) is 38.1 Å². The highest BCUT2D eigenvalue weighted by Crippen LogP contribution is 2.26. The number of fused-ring (bicyclic) bond motifs is 1. The molecule has 1 amide bonds. The number of hydrogen-bond acceptors (Lipinski definition) is 3. The Hall–Kier alpha value is -1.10. The minimum atomic E-state index is 0. The van der Waals surface area contributed by atoms with Gasteiger partial charge in [-0.25, -0.2) is 0 Å². The first-order valence-electron chi connectivity index (χ1n) is 8.05. The van der Waals surface area contributed by atoms with Crippen LogP contribution in [0.15, 0.2) is 24.3 Å². The first kappa shape index (κ1) is 17.3. The maximum Gasteiger partial charge on any atom is 0.241 e. The third-order valence-electron chi connectivity index (χ3n) is 4.73. The minimum absolute atomic E-state index is 0. The van der Waals surface area contributed by atoms with Gasteiger partial charge in [0, 0.05) is 18.3 Å². The number of benzene rings is 1. The van der Waals surface area contributed by atoms with Crippen molar-refractivity contribution in [2.45, 2.75) is 31.7 Å². The number of likely N-dealkylation sites (N-methyl/N-ethyl adjacent to an activating group) is 1. The molecule has 1 saturated heterocycles. The highest BCUT2D eigenvalue weighted by molar-refractivity contribution is 5.95. The van der Waals surface area contributed by atoms with E-state index in [2.05, 4.69) is 35.5 Å². The van der Waals surface area contributed by atoms with Crippen LogP contribution in [0.25, 0.3) is 0 Å². The van der Waals surface area contributed by atoms with Gasteiger partial charge in [0.15, 0.2) is 0 Å². The van der Waals surface area contributed by atoms with Gasteiger partial charge in [-0.1, -0.05) is 18.2 Å². The van der Waals surface area contributed by atoms with Gasteiger partial charge in [0.05, 0.1) is 6.54 Å². The van der Waals surface area contributed by atoms with E-state index in [9.17, 15) is 4.79 Å². The second-order valence-electron chi connectivity index (χ2n) is 6.17. The number of piperidine rings is 1. The van der Waals surface area contributed by atoms with Crippen LogP contribution in [0.1, 0.15) is 24.8 Å². The van der Waals surface area contributed by atoms with Crippen LogP contribution in [0.2, 0.25) is 0 Å². The largest absolute Gasteiger partial charge is 0.317 e. The zero-order chi connectivity index (χ0) is 14.7. The number of rotatable bonds is 3. The molecule has 1 aromatic carbocycles. The molecule has 1 N–H and O–H groups in total. The highest BCUT2D eigenvalue weighted by atomic mass is 35.5. The van der Waals surface area contributed by atoms with E-state index in [-0.39, 0.29) is 18.3 Å². The SMILES string of the molecule is CN(CC(=O)N1CCCc2ccccc21)C1CCNCC1.Cl. The molecule has 0 aliphatic carbocycles. The lowest BCUT2D eigenvalue weighted by molar-refractivity contribution is -0.120. The number of carbonyl (C=O) groups is 1. The molecule has 0 radical (unpaired) electrons. The van der Waals surface area contributed by atoms with Gasteiger partial charge >= 0.3 is 0 Å². The molecule has 0 unspecified atom stereocenters. The molecule has 5 heteroatoms. The second kappa shape index (κ2) is 7.95. The van der Waals surface area contributed by atoms with E-state index in [1.165, 1.54) is 5.56 Å². The lowest BCUT2D eigenvalue weighted by Gasteiger charge is -2.34. The number of carbonyl (C=O) groups excluding carboxylic acids is 1. The van der Waals surface area contributed by atoms with Crippen molar-refractivity contribution in [2.24, 2.45) is 0 Å². The van der Waals surface area contributed by atoms with Gasteiger partial charge in [-0.3, -0.25) is 9.69 Å². The zero-order valence-corrected chi connectivity index (χ0v) is 14.1. The van der Waals surface area contributed by atoms with Gasteiger partial charge in [0.1, 0.15) is 0 Å². The van der Waals surface area contributed by atoms with E-state index in [4.69, 9.17) is 0 Å². The fraction of sp³-hybridized carbons (Fsp3) is 0.588. The third kappa shape index (κ3) is 3.80. The lowest BCUT2D eigenvalue weighted by Crippen LogP contribution is -2.47. The summed E-state index contributed by atoms with van der Waals surface area (Å²) >= 11 is 0. The predicted octanol–water partition coefficient (Wildman–Crippen LogP) is 2.07. The predicted molar refractivity (Wildman–Crippen MR) is 92.9 cm³/mol. The minimum Gasteiger partial charge on any atom is -0.317 e. The molecule has 2 heterocycles. The zero-order valence-electron chi connectivity index (χ0n) is 13.3. The number of halogens is 1. The summed E-state index contributed by atoms with van der Waals surface area (Å²) in [6.07, 6.45) is 4.44. The number of nitrogens with zero attached hydrogens (tertiary/aromatic N) is 2. The molecule has 1 fully saturated rings. The van der Waals surface area contributed by atoms with Gasteiger partial charge in [0.25, 0.3) is 0 Å². The number of aryl methyl sites for hydroxylation is 1. The summed E-state index contributed by atoms with van der Waals surface area (Å²) in [6, 6.07) is 8.85. The molecule has 3 rings (SSSR count). The number of anilines is 1. The molecule has 0 spiro atoms. The Morgan fingerprint density at radius 2 is 2.05 bits per heavy atom. The van der Waals surface area contributed by atoms with Crippen LogP contribution in [0, 0.1) is 0 Å². The van der Waals surface area contributed by atoms with E-state index in [1.807, 2.05) is 11.0 Å². The standard InChI is InChI=1S/C17H25N3O.ClH/c1-19(15-8-10-18-11-9-15)13-17(21)20-12-4-6-14-5-2-3-7-16(14)20;/h2-3,5,7,15,18H,4,6,8-13H2,1H3;1H. The number of para-hydroxylation sites is 1. The topological polar surface area (TPSA) is 35.6 Å². The first-order chi connectivity index (χ1) is 10.3. The van der Waals surface area contributed by atoms with Crippen LogP contribution in [0.4, 0.5) is 5.69 Å². The van der Waals surface area contributed by atoms with Crippen LogP contribution in [0.5, 0.6) is 0 Å². The van der Waals surface area contributed by atoms with Crippen LogP contribution < -0.4 is 10.2 Å². The Morgan fingerprint density at radius 1 is 1.32 bits per heavy atom. The molecule has 0 atom stereocenters. The summed E-state index contributed by atoms with van der Waals surface area (Å²) in [5.41, 5.74) is 2.43. The van der Waals surface area contributed by atoms with Crippen molar-refractivity contribution in [1.29, 1.82) is 0 Å². The van der Waals surface area contributed by atoms with Crippen LogP contribution in [0.3, 0.4) is 0 Å². The van der Waals surface area contributed by atoms with E-state index in [0.717, 1.165) is 51.0 Å². The first-order valence-corrected chi connectivity index (χ1v) is 8.05. The third-order valence-corrected chi connectivity index (χ3v) is 4.73. The Balaban J connectivity index is 0.00000176. The molecular formula is C17H26ClN3O. The second-order valence-corrected chi connectivity index (χ2v) is 6.17. The molecule has 2 aliphatic rings. The van der Waals surface area contributed by atoms with E-state index < -0.39 is 0 Å². The monoisotopic (exact) mass is 323 g/mol. The van der Waals surface area contributed by atoms with Crippen LogP contribution in [-0.4, -0.2) is 50.1 Å². The maximum atomic E-state index is 12.7.